The van der Waals surface area contributed by atoms with E-state index in [0.717, 1.165) is 6.08 Å². The minimum absolute atomic E-state index is 0.211. The van der Waals surface area contributed by atoms with Gasteiger partial charge in [0.25, 0.3) is 5.78 Å². The molecule has 0 radical (unpaired) electrons. The first kappa shape index (κ1) is 14.7. The normalized spacial score (nSPS) is 12.6. The van der Waals surface area contributed by atoms with Crippen LogP contribution in [-0.4, -0.2) is 23.9 Å². The monoisotopic (exact) mass is 272 g/mol. The van der Waals surface area contributed by atoms with E-state index in [4.69, 9.17) is 5.73 Å². The molecule has 0 bridgehead atoms. The fourth-order valence-corrected chi connectivity index (χ4v) is 1.32. The number of alkyl halides is 3. The number of rotatable bonds is 5. The van der Waals surface area contributed by atoms with Gasteiger partial charge in [-0.3, -0.25) is 9.59 Å². The van der Waals surface area contributed by atoms with E-state index in [1.807, 2.05) is 0 Å². The smallest absolute Gasteiger partial charge is 0.372 e. The topological polar surface area (TPSA) is 72.2 Å². The van der Waals surface area contributed by atoms with Gasteiger partial charge in [-0.1, -0.05) is 6.08 Å². The Balaban J connectivity index is 2.85. The van der Waals surface area contributed by atoms with Gasteiger partial charge in [-0.25, -0.2) is 0 Å². The molecule has 0 heterocycles. The maximum absolute atomic E-state index is 12.3. The number of hydrogen-bond donors (Lipinski definition) is 2. The third kappa shape index (κ3) is 3.84. The summed E-state index contributed by atoms with van der Waals surface area (Å²) < 4.78 is 36.8. The Morgan fingerprint density at radius 1 is 1.26 bits per heavy atom. The zero-order valence-electron chi connectivity index (χ0n) is 9.70. The van der Waals surface area contributed by atoms with E-state index in [9.17, 15) is 22.8 Å². The molecule has 1 aromatic rings. The number of amides is 1. The van der Waals surface area contributed by atoms with Gasteiger partial charge in [0.15, 0.2) is 0 Å². The van der Waals surface area contributed by atoms with Crippen molar-refractivity contribution in [3.05, 3.63) is 42.5 Å². The molecular formula is C12H11F3N2O2. The predicted octanol–water partition coefficient (Wildman–Crippen LogP) is 1.88. The first-order valence-corrected chi connectivity index (χ1v) is 5.15. The Morgan fingerprint density at radius 2 is 1.79 bits per heavy atom. The fraction of sp³-hybridized carbons (Fsp3) is 0.167. The van der Waals surface area contributed by atoms with Gasteiger partial charge < -0.3 is 11.1 Å². The molecule has 1 atom stereocenters. The van der Waals surface area contributed by atoms with Crippen LogP contribution >= 0.6 is 0 Å². The van der Waals surface area contributed by atoms with Gasteiger partial charge in [-0.05, 0) is 24.3 Å². The standard InChI is InChI=1S/C12H11F3N2O2/c1-2-9(10(18)12(13,14)15)17-8-5-3-7(4-6-8)11(16)19/h2-6,9,17H,1H2,(H2,16,19). The number of benzene rings is 1. The van der Waals surface area contributed by atoms with Crippen LogP contribution in [0.25, 0.3) is 0 Å². The predicted molar refractivity (Wildman–Crippen MR) is 63.6 cm³/mol. The van der Waals surface area contributed by atoms with E-state index in [0.29, 0.717) is 0 Å². The summed E-state index contributed by atoms with van der Waals surface area (Å²) in [5.74, 6) is -2.60. The molecule has 102 valence electrons. The van der Waals surface area contributed by atoms with Crippen LogP contribution in [0.3, 0.4) is 0 Å². The van der Waals surface area contributed by atoms with Crippen molar-refractivity contribution in [3.63, 3.8) is 0 Å². The van der Waals surface area contributed by atoms with Crippen LogP contribution < -0.4 is 11.1 Å². The van der Waals surface area contributed by atoms with E-state index in [2.05, 4.69) is 11.9 Å². The average Bonchev–Trinajstić information content (AvgIpc) is 2.34. The second kappa shape index (κ2) is 5.55. The van der Waals surface area contributed by atoms with Crippen LogP contribution in [0.5, 0.6) is 0 Å². The molecule has 7 heteroatoms. The number of carbonyl (C=O) groups is 2. The van der Waals surface area contributed by atoms with Crippen molar-refractivity contribution < 1.29 is 22.8 Å². The van der Waals surface area contributed by atoms with Crippen LogP contribution in [0.1, 0.15) is 10.4 Å². The quantitative estimate of drug-likeness (QED) is 0.804. The number of anilines is 1. The van der Waals surface area contributed by atoms with Gasteiger partial charge in [-0.2, -0.15) is 13.2 Å². The van der Waals surface area contributed by atoms with Gasteiger partial charge >= 0.3 is 6.18 Å². The Bertz CT molecular complexity index is 495. The van der Waals surface area contributed by atoms with E-state index in [-0.39, 0.29) is 11.3 Å². The van der Waals surface area contributed by atoms with Crippen molar-refractivity contribution in [1.29, 1.82) is 0 Å². The summed E-state index contributed by atoms with van der Waals surface area (Å²) in [6.07, 6.45) is -4.09. The summed E-state index contributed by atoms with van der Waals surface area (Å²) in [6.45, 7) is 3.18. The summed E-state index contributed by atoms with van der Waals surface area (Å²) in [4.78, 5) is 21.9. The molecule has 19 heavy (non-hydrogen) atoms. The lowest BCUT2D eigenvalue weighted by Crippen LogP contribution is -2.38. The summed E-state index contributed by atoms with van der Waals surface area (Å²) in [7, 11) is 0. The van der Waals surface area contributed by atoms with Crippen LogP contribution in [-0.2, 0) is 4.79 Å². The largest absolute Gasteiger partial charge is 0.452 e. The molecule has 0 fully saturated rings. The number of carbonyl (C=O) groups excluding carboxylic acids is 2. The van der Waals surface area contributed by atoms with Crippen LogP contribution in [0.4, 0.5) is 18.9 Å². The second-order valence-electron chi connectivity index (χ2n) is 3.66. The maximum Gasteiger partial charge on any atom is 0.452 e. The van der Waals surface area contributed by atoms with Gasteiger partial charge in [0.05, 0.1) is 0 Å². The SMILES string of the molecule is C=CC(Nc1ccc(C(N)=O)cc1)C(=O)C(F)(F)F. The van der Waals surface area contributed by atoms with Crippen molar-refractivity contribution in [3.8, 4) is 0 Å². The first-order valence-electron chi connectivity index (χ1n) is 5.15. The van der Waals surface area contributed by atoms with Crippen molar-refractivity contribution in [1.82, 2.24) is 0 Å². The molecule has 1 unspecified atom stereocenters. The highest BCUT2D eigenvalue weighted by atomic mass is 19.4. The Kier molecular flexibility index (Phi) is 4.31. The number of ketones is 1. The second-order valence-corrected chi connectivity index (χ2v) is 3.66. The molecule has 0 spiro atoms. The molecule has 0 aliphatic heterocycles. The lowest BCUT2D eigenvalue weighted by atomic mass is 10.1. The van der Waals surface area contributed by atoms with Gasteiger partial charge in [0.2, 0.25) is 5.91 Å². The van der Waals surface area contributed by atoms with Gasteiger partial charge in [-0.15, -0.1) is 6.58 Å². The van der Waals surface area contributed by atoms with E-state index >= 15 is 0 Å². The van der Waals surface area contributed by atoms with E-state index in [1.54, 1.807) is 0 Å². The number of primary amides is 1. The minimum Gasteiger partial charge on any atom is -0.372 e. The highest BCUT2D eigenvalue weighted by Crippen LogP contribution is 2.20. The van der Waals surface area contributed by atoms with Crippen molar-refractivity contribution in [2.75, 3.05) is 5.32 Å². The molecule has 3 N–H and O–H groups in total. The lowest BCUT2D eigenvalue weighted by molar-refractivity contribution is -0.170. The molecule has 1 rings (SSSR count). The van der Waals surface area contributed by atoms with Crippen LogP contribution in [0.2, 0.25) is 0 Å². The van der Waals surface area contributed by atoms with Crippen LogP contribution in [0.15, 0.2) is 36.9 Å². The highest BCUT2D eigenvalue weighted by molar-refractivity contribution is 5.94. The Morgan fingerprint density at radius 3 is 2.16 bits per heavy atom. The zero-order chi connectivity index (χ0) is 14.6. The summed E-state index contributed by atoms with van der Waals surface area (Å²) >= 11 is 0. The average molecular weight is 272 g/mol. The maximum atomic E-state index is 12.3. The molecule has 0 saturated carbocycles. The summed E-state index contributed by atoms with van der Waals surface area (Å²) in [6, 6.07) is 3.78. The van der Waals surface area contributed by atoms with Crippen LogP contribution in [0, 0.1) is 0 Å². The molecule has 4 nitrogen and oxygen atoms in total. The third-order valence-corrected chi connectivity index (χ3v) is 2.29. The van der Waals surface area contributed by atoms with Crippen molar-refractivity contribution >= 4 is 17.4 Å². The molecular weight excluding hydrogens is 261 g/mol. The Hall–Kier alpha value is -2.31. The molecule has 0 aliphatic carbocycles. The number of nitrogens with one attached hydrogen (secondary N) is 1. The summed E-state index contributed by atoms with van der Waals surface area (Å²) in [5.41, 5.74) is 5.47. The van der Waals surface area contributed by atoms with E-state index < -0.39 is 23.9 Å². The molecule has 1 amide bonds. The molecule has 0 aromatic heterocycles. The van der Waals surface area contributed by atoms with E-state index in [1.165, 1.54) is 24.3 Å². The van der Waals surface area contributed by atoms with Gasteiger partial charge in [0, 0.05) is 11.3 Å². The minimum atomic E-state index is -4.95. The molecule has 0 saturated heterocycles. The fourth-order valence-electron chi connectivity index (χ4n) is 1.32. The molecule has 0 aliphatic rings. The highest BCUT2D eigenvalue weighted by Gasteiger charge is 2.42. The Labute approximate surface area is 107 Å². The number of halogens is 3. The van der Waals surface area contributed by atoms with Crippen molar-refractivity contribution in [2.24, 2.45) is 5.73 Å². The first-order chi connectivity index (χ1) is 8.75. The molecule has 1 aromatic carbocycles. The third-order valence-electron chi connectivity index (χ3n) is 2.29. The van der Waals surface area contributed by atoms with Crippen molar-refractivity contribution in [2.45, 2.75) is 12.2 Å². The number of hydrogen-bond acceptors (Lipinski definition) is 3. The zero-order valence-corrected chi connectivity index (χ0v) is 9.70. The summed E-state index contributed by atoms with van der Waals surface area (Å²) in [5, 5.41) is 2.36. The lowest BCUT2D eigenvalue weighted by Gasteiger charge is -2.16. The van der Waals surface area contributed by atoms with Gasteiger partial charge in [0.1, 0.15) is 6.04 Å². The number of Topliss-reactive ketones (excluding diaryl/α,β-unsaturated/α-hetero) is 1. The number of nitrogens with two attached hydrogens (primary N) is 1.